The summed E-state index contributed by atoms with van der Waals surface area (Å²) < 4.78 is 8.64. The van der Waals surface area contributed by atoms with Crippen molar-refractivity contribution in [3.63, 3.8) is 0 Å². The number of benzene rings is 1. The zero-order valence-corrected chi connectivity index (χ0v) is 18.8. The predicted octanol–water partition coefficient (Wildman–Crippen LogP) is 2.86. The van der Waals surface area contributed by atoms with Gasteiger partial charge in [-0.1, -0.05) is 12.1 Å². The van der Waals surface area contributed by atoms with Crippen molar-refractivity contribution < 1.29 is 13.7 Å². The molecule has 9 heteroatoms. The third kappa shape index (κ3) is 2.41. The van der Waals surface area contributed by atoms with E-state index in [1.54, 1.807) is 12.1 Å². The zero-order chi connectivity index (χ0) is 23.0. The number of nitro benzene ring substituents is 1. The molecule has 164 valence electrons. The van der Waals surface area contributed by atoms with Crippen LogP contribution < -0.4 is 18.6 Å². The second-order valence-corrected chi connectivity index (χ2v) is 8.60. The van der Waals surface area contributed by atoms with Crippen molar-refractivity contribution in [2.24, 2.45) is 0 Å². The quantitative estimate of drug-likeness (QED) is 0.241. The maximum Gasteiger partial charge on any atom is 0.370 e. The summed E-state index contributed by atoms with van der Waals surface area (Å²) in [7, 11) is 8.01. The van der Waals surface area contributed by atoms with E-state index in [-0.39, 0.29) is 10.6 Å². The molecule has 0 saturated heterocycles. The summed E-state index contributed by atoms with van der Waals surface area (Å²) in [6.07, 6.45) is 4.08. The minimum Gasteiger partial charge on any atom is -0.269 e. The summed E-state index contributed by atoms with van der Waals surface area (Å²) in [6, 6.07) is 17.4. The van der Waals surface area contributed by atoms with Crippen LogP contribution in [0.4, 0.5) is 17.6 Å². The van der Waals surface area contributed by atoms with Gasteiger partial charge in [-0.15, -0.1) is 0 Å². The molecular formula is C24H23N7O2+2. The number of imidazole rings is 2. The maximum absolute atomic E-state index is 11.7. The molecule has 33 heavy (non-hydrogen) atoms. The van der Waals surface area contributed by atoms with Crippen LogP contribution in [0.1, 0.15) is 0 Å². The zero-order valence-electron chi connectivity index (χ0n) is 18.8. The molecule has 0 aliphatic carbocycles. The van der Waals surface area contributed by atoms with Crippen LogP contribution in [0.5, 0.6) is 0 Å². The number of hydrogen-bond acceptors (Lipinski definition) is 4. The molecular weight excluding hydrogens is 418 g/mol. The fraction of sp³-hybridized carbons (Fsp3) is 0.167. The number of non-ortho nitro benzene ring substituents is 1. The Morgan fingerprint density at radius 1 is 0.758 bits per heavy atom. The van der Waals surface area contributed by atoms with Gasteiger partial charge in [0.1, 0.15) is 5.52 Å². The van der Waals surface area contributed by atoms with Crippen LogP contribution in [0.2, 0.25) is 0 Å². The highest BCUT2D eigenvalue weighted by Gasteiger charge is 2.33. The van der Waals surface area contributed by atoms with Crippen LogP contribution in [-0.4, -0.2) is 41.9 Å². The number of pyridine rings is 2. The number of nitrogens with zero attached hydrogens (tertiary/aromatic N) is 7. The first-order valence-corrected chi connectivity index (χ1v) is 10.6. The second kappa shape index (κ2) is 6.55. The molecule has 0 atom stereocenters. The van der Waals surface area contributed by atoms with E-state index in [0.29, 0.717) is 0 Å². The lowest BCUT2D eigenvalue weighted by Gasteiger charge is -2.09. The Hall–Kier alpha value is -4.40. The van der Waals surface area contributed by atoms with Gasteiger partial charge >= 0.3 is 11.9 Å². The first kappa shape index (κ1) is 19.3. The first-order valence-electron chi connectivity index (χ1n) is 10.6. The average Bonchev–Trinajstić information content (AvgIpc) is 3.32. The highest BCUT2D eigenvalue weighted by molar-refractivity contribution is 6.04. The summed E-state index contributed by atoms with van der Waals surface area (Å²) >= 11 is 0. The van der Waals surface area contributed by atoms with Crippen LogP contribution in [0, 0.1) is 10.1 Å². The van der Waals surface area contributed by atoms with E-state index in [9.17, 15) is 10.1 Å². The average molecular weight is 441 g/mol. The standard InChI is InChI=1S/C24H23N7O2/c1-25(2)23-27-13-7-5-9-18(27)21-22-19-10-6-8-14-28(19)24(26(3)4)30(22)20-15-16(31(32)33)11-12-17(20)29(21)23/h5-15H,1-4H3/q+2. The minimum atomic E-state index is -0.338. The smallest absolute Gasteiger partial charge is 0.269 e. The molecule has 6 aromatic rings. The Balaban J connectivity index is 2.07. The Bertz CT molecular complexity index is 1760. The number of aromatic nitrogens is 4. The van der Waals surface area contributed by atoms with Crippen molar-refractivity contribution in [3.8, 4) is 0 Å². The summed E-state index contributed by atoms with van der Waals surface area (Å²) in [5, 5.41) is 11.7. The number of anilines is 2. The summed E-state index contributed by atoms with van der Waals surface area (Å²) in [5.74, 6) is 1.87. The van der Waals surface area contributed by atoms with Crippen LogP contribution in [0.25, 0.3) is 33.1 Å². The Labute approximate surface area is 188 Å². The van der Waals surface area contributed by atoms with Crippen molar-refractivity contribution in [2.75, 3.05) is 38.0 Å². The monoisotopic (exact) mass is 441 g/mol. The van der Waals surface area contributed by atoms with E-state index in [2.05, 4.69) is 40.8 Å². The van der Waals surface area contributed by atoms with Crippen molar-refractivity contribution in [1.29, 1.82) is 0 Å². The van der Waals surface area contributed by atoms with Gasteiger partial charge in [-0.05, 0) is 30.3 Å². The highest BCUT2D eigenvalue weighted by Crippen LogP contribution is 2.34. The SMILES string of the molecule is CN(C)c1n2c3ccc([N+](=O)[O-])cc3n3c(N(C)C)[n+]4ccccc4c3c2c2cccc[n+]12. The predicted molar refractivity (Wildman–Crippen MR) is 127 cm³/mol. The van der Waals surface area contributed by atoms with Gasteiger partial charge in [0.25, 0.3) is 5.69 Å². The molecule has 0 fully saturated rings. The molecule has 9 nitrogen and oxygen atoms in total. The third-order valence-electron chi connectivity index (χ3n) is 6.16. The largest absolute Gasteiger partial charge is 0.370 e. The van der Waals surface area contributed by atoms with Crippen molar-refractivity contribution in [3.05, 3.63) is 77.1 Å². The van der Waals surface area contributed by atoms with E-state index in [1.807, 2.05) is 69.6 Å². The van der Waals surface area contributed by atoms with Crippen molar-refractivity contribution in [2.45, 2.75) is 0 Å². The van der Waals surface area contributed by atoms with Gasteiger partial charge in [-0.25, -0.2) is 8.80 Å². The Morgan fingerprint density at radius 2 is 1.27 bits per heavy atom. The van der Waals surface area contributed by atoms with Gasteiger partial charge < -0.3 is 0 Å². The normalized spacial score (nSPS) is 11.9. The molecule has 1 aromatic carbocycles. The minimum absolute atomic E-state index is 0.0615. The molecule has 0 amide bonds. The lowest BCUT2D eigenvalue weighted by atomic mass is 10.2. The topological polar surface area (TPSA) is 66.6 Å². The van der Waals surface area contributed by atoms with Crippen LogP contribution in [0.3, 0.4) is 0 Å². The molecule has 0 saturated carbocycles. The van der Waals surface area contributed by atoms with Crippen molar-refractivity contribution in [1.82, 2.24) is 8.80 Å². The lowest BCUT2D eigenvalue weighted by Crippen LogP contribution is -2.29. The molecule has 0 spiro atoms. The fourth-order valence-corrected chi connectivity index (χ4v) is 5.00. The third-order valence-corrected chi connectivity index (χ3v) is 6.16. The number of nitro groups is 1. The van der Waals surface area contributed by atoms with Gasteiger partial charge in [0.15, 0.2) is 27.6 Å². The summed E-state index contributed by atoms with van der Waals surface area (Å²) in [4.78, 5) is 15.5. The molecule has 6 rings (SSSR count). The molecule has 0 unspecified atom stereocenters. The number of fused-ring (bicyclic) bond motifs is 10. The number of hydrogen-bond donors (Lipinski definition) is 0. The Morgan fingerprint density at radius 3 is 1.76 bits per heavy atom. The molecule has 5 aromatic heterocycles. The van der Waals surface area contributed by atoms with Gasteiger partial charge in [0.2, 0.25) is 0 Å². The van der Waals surface area contributed by atoms with Crippen molar-refractivity contribution >= 4 is 50.7 Å². The summed E-state index contributed by atoms with van der Waals surface area (Å²) in [5.41, 5.74) is 5.82. The van der Waals surface area contributed by atoms with Gasteiger partial charge in [0, 0.05) is 6.07 Å². The van der Waals surface area contributed by atoms with Gasteiger partial charge in [-0.2, -0.15) is 8.80 Å². The van der Waals surface area contributed by atoms with Gasteiger partial charge in [0.05, 0.1) is 51.6 Å². The van der Waals surface area contributed by atoms with E-state index >= 15 is 0 Å². The molecule has 5 heterocycles. The van der Waals surface area contributed by atoms with E-state index in [0.717, 1.165) is 45.0 Å². The molecule has 0 aliphatic rings. The fourth-order valence-electron chi connectivity index (χ4n) is 5.00. The van der Waals surface area contributed by atoms with E-state index in [1.165, 1.54) is 0 Å². The molecule has 0 N–H and O–H groups in total. The van der Waals surface area contributed by atoms with Gasteiger partial charge in [-0.3, -0.25) is 19.9 Å². The molecule has 0 radical (unpaired) electrons. The Kier molecular flexibility index (Phi) is 3.83. The number of rotatable bonds is 3. The first-order chi connectivity index (χ1) is 15.9. The highest BCUT2D eigenvalue weighted by atomic mass is 16.6. The van der Waals surface area contributed by atoms with Crippen LogP contribution in [-0.2, 0) is 0 Å². The molecule has 0 aliphatic heterocycles. The molecule has 0 bridgehead atoms. The maximum atomic E-state index is 11.7. The van der Waals surface area contributed by atoms with E-state index < -0.39 is 0 Å². The van der Waals surface area contributed by atoms with Crippen LogP contribution >= 0.6 is 0 Å². The second-order valence-electron chi connectivity index (χ2n) is 8.60. The van der Waals surface area contributed by atoms with E-state index in [4.69, 9.17) is 0 Å². The van der Waals surface area contributed by atoms with Crippen LogP contribution in [0.15, 0.2) is 67.0 Å². The summed E-state index contributed by atoms with van der Waals surface area (Å²) in [6.45, 7) is 0. The lowest BCUT2D eigenvalue weighted by molar-refractivity contribution is -0.497.